The number of nitrogens with zero attached hydrogens (tertiary/aromatic N) is 1. The number of hydrogen-bond donors (Lipinski definition) is 1. The summed E-state index contributed by atoms with van der Waals surface area (Å²) in [7, 11) is 1.65. The summed E-state index contributed by atoms with van der Waals surface area (Å²) in [6.45, 7) is 2.56. The smallest absolute Gasteiger partial charge is 0.338 e. The number of amides is 2. The third-order valence-electron chi connectivity index (χ3n) is 7.02. The first-order valence-corrected chi connectivity index (χ1v) is 13.5. The van der Waals surface area contributed by atoms with Crippen LogP contribution in [0.3, 0.4) is 0 Å². The monoisotopic (exact) mass is 562 g/mol. The molecule has 0 aromatic heterocycles. The number of carbonyl (C=O) groups excluding carboxylic acids is 2. The van der Waals surface area contributed by atoms with Crippen molar-refractivity contribution in [2.24, 2.45) is 0 Å². The van der Waals surface area contributed by atoms with E-state index < -0.39 is 5.97 Å². The highest BCUT2D eigenvalue weighted by molar-refractivity contribution is 6.34. The second kappa shape index (κ2) is 11.6. The van der Waals surface area contributed by atoms with Crippen LogP contribution in [-0.2, 0) is 4.74 Å². The summed E-state index contributed by atoms with van der Waals surface area (Å²) in [5, 5.41) is 6.26. The van der Waals surface area contributed by atoms with Crippen LogP contribution in [-0.4, -0.2) is 37.2 Å². The number of nitrogens with one attached hydrogen (secondary N) is 1. The van der Waals surface area contributed by atoms with Crippen LogP contribution in [0.5, 0.6) is 5.75 Å². The van der Waals surface area contributed by atoms with E-state index in [1.54, 1.807) is 44.4 Å². The van der Waals surface area contributed by atoms with Gasteiger partial charge >= 0.3 is 12.0 Å². The molecular formula is C31H28Cl2N2O4. The fourth-order valence-corrected chi connectivity index (χ4v) is 5.65. The fourth-order valence-electron chi connectivity index (χ4n) is 5.10. The van der Waals surface area contributed by atoms with E-state index >= 15 is 0 Å². The topological polar surface area (TPSA) is 67.9 Å². The van der Waals surface area contributed by atoms with Crippen molar-refractivity contribution in [2.75, 3.05) is 25.6 Å². The molecule has 6 nitrogen and oxygen atoms in total. The van der Waals surface area contributed by atoms with Crippen molar-refractivity contribution >= 4 is 51.7 Å². The quantitative estimate of drug-likeness (QED) is 0.241. The molecule has 0 aliphatic carbocycles. The molecule has 8 heteroatoms. The van der Waals surface area contributed by atoms with Crippen molar-refractivity contribution in [1.29, 1.82) is 0 Å². The van der Waals surface area contributed by atoms with Crippen LogP contribution in [0, 0.1) is 0 Å². The molecule has 0 unspecified atom stereocenters. The number of rotatable bonds is 6. The molecule has 1 heterocycles. The Morgan fingerprint density at radius 1 is 0.897 bits per heavy atom. The van der Waals surface area contributed by atoms with Crippen LogP contribution in [0.4, 0.5) is 10.5 Å². The van der Waals surface area contributed by atoms with Gasteiger partial charge in [0, 0.05) is 28.2 Å². The molecule has 1 saturated heterocycles. The van der Waals surface area contributed by atoms with E-state index in [-0.39, 0.29) is 18.0 Å². The minimum Gasteiger partial charge on any atom is -0.497 e. The summed E-state index contributed by atoms with van der Waals surface area (Å²) < 4.78 is 10.4. The molecule has 1 aliphatic rings. The maximum absolute atomic E-state index is 13.6. The fraction of sp³-hybridized carbons (Fsp3) is 0.226. The van der Waals surface area contributed by atoms with Gasteiger partial charge in [-0.2, -0.15) is 0 Å². The van der Waals surface area contributed by atoms with E-state index in [4.69, 9.17) is 32.7 Å². The summed E-state index contributed by atoms with van der Waals surface area (Å²) in [5.74, 6) is 0.450. The van der Waals surface area contributed by atoms with E-state index in [1.807, 2.05) is 35.2 Å². The van der Waals surface area contributed by atoms with Crippen molar-refractivity contribution in [1.82, 2.24) is 4.90 Å². The van der Waals surface area contributed by atoms with E-state index in [1.165, 1.54) is 0 Å². The van der Waals surface area contributed by atoms with Crippen LogP contribution in [0.15, 0.2) is 78.9 Å². The van der Waals surface area contributed by atoms with Gasteiger partial charge in [0.25, 0.3) is 0 Å². The van der Waals surface area contributed by atoms with Crippen molar-refractivity contribution in [2.45, 2.75) is 25.3 Å². The minimum absolute atomic E-state index is 0.0507. The number of methoxy groups -OCH3 is 1. The van der Waals surface area contributed by atoms with E-state index in [9.17, 15) is 9.59 Å². The Balaban J connectivity index is 1.44. The number of halogens is 2. The second-order valence-electron chi connectivity index (χ2n) is 9.50. The van der Waals surface area contributed by atoms with Crippen LogP contribution in [0.25, 0.3) is 10.8 Å². The van der Waals surface area contributed by atoms with Crippen molar-refractivity contribution in [3.8, 4) is 5.75 Å². The molecule has 0 radical (unpaired) electrons. The predicted octanol–water partition coefficient (Wildman–Crippen LogP) is 8.09. The number of esters is 1. The van der Waals surface area contributed by atoms with Gasteiger partial charge in [-0.15, -0.1) is 0 Å². The number of urea groups is 1. The highest BCUT2D eigenvalue weighted by atomic mass is 35.5. The summed E-state index contributed by atoms with van der Waals surface area (Å²) >= 11 is 12.6. The number of fused-ring (bicyclic) bond motifs is 1. The van der Waals surface area contributed by atoms with E-state index in [0.717, 1.165) is 27.6 Å². The minimum atomic E-state index is -0.396. The molecule has 4 aromatic rings. The lowest BCUT2D eigenvalue weighted by Crippen LogP contribution is -2.34. The van der Waals surface area contributed by atoms with Gasteiger partial charge in [-0.3, -0.25) is 0 Å². The lowest BCUT2D eigenvalue weighted by molar-refractivity contribution is 0.0526. The van der Waals surface area contributed by atoms with Gasteiger partial charge in [0.2, 0.25) is 0 Å². The SMILES string of the molecule is CCOC(=O)c1ccc(NC(=O)N2C[C@H](c3cc(Cl)cc(Cl)c3)C[C@@H]2c2ccc3cc(OC)ccc3c2)cc1. The molecule has 1 N–H and O–H groups in total. The average molecular weight is 563 g/mol. The highest BCUT2D eigenvalue weighted by Crippen LogP contribution is 2.42. The molecule has 39 heavy (non-hydrogen) atoms. The molecule has 0 saturated carbocycles. The zero-order valence-corrected chi connectivity index (χ0v) is 23.1. The van der Waals surface area contributed by atoms with Crippen LogP contribution in [0.1, 0.15) is 46.8 Å². The Morgan fingerprint density at radius 2 is 1.59 bits per heavy atom. The van der Waals surface area contributed by atoms with Crippen LogP contribution >= 0.6 is 23.2 Å². The summed E-state index contributed by atoms with van der Waals surface area (Å²) in [6, 6.07) is 24.0. The molecule has 200 valence electrons. The molecule has 1 fully saturated rings. The number of hydrogen-bond acceptors (Lipinski definition) is 4. The second-order valence-corrected chi connectivity index (χ2v) is 10.4. The Hall–Kier alpha value is -3.74. The summed E-state index contributed by atoms with van der Waals surface area (Å²) in [4.78, 5) is 27.5. The first kappa shape index (κ1) is 26.9. The Labute approximate surface area is 237 Å². The first-order chi connectivity index (χ1) is 18.8. The molecule has 0 spiro atoms. The molecule has 0 bridgehead atoms. The Kier molecular flexibility index (Phi) is 7.96. The standard InChI is InChI=1S/C31H28Cl2N2O4/c1-3-39-30(36)19-6-9-27(10-7-19)34-31(37)35-18-24(23-13-25(32)17-26(33)14-23)16-29(35)22-5-4-21-15-28(38-2)11-8-20(21)12-22/h4-15,17,24,29H,3,16,18H2,1-2H3,(H,34,37)/t24-,29-/m1/s1. The van der Waals surface area contributed by atoms with E-state index in [2.05, 4.69) is 23.5 Å². The molecule has 2 atom stereocenters. The van der Waals surface area contributed by atoms with Gasteiger partial charge < -0.3 is 19.7 Å². The molecule has 5 rings (SSSR count). The summed E-state index contributed by atoms with van der Waals surface area (Å²) in [6.07, 6.45) is 0.716. The Morgan fingerprint density at radius 3 is 2.28 bits per heavy atom. The third-order valence-corrected chi connectivity index (χ3v) is 7.46. The van der Waals surface area contributed by atoms with Gasteiger partial charge in [-0.1, -0.05) is 41.4 Å². The number of benzene rings is 4. The van der Waals surface area contributed by atoms with Gasteiger partial charge in [-0.25, -0.2) is 9.59 Å². The van der Waals surface area contributed by atoms with Gasteiger partial charge in [0.05, 0.1) is 25.3 Å². The lowest BCUT2D eigenvalue weighted by atomic mass is 9.93. The largest absolute Gasteiger partial charge is 0.497 e. The van der Waals surface area contributed by atoms with Gasteiger partial charge in [0.1, 0.15) is 5.75 Å². The average Bonchev–Trinajstić information content (AvgIpc) is 3.38. The zero-order chi connectivity index (χ0) is 27.5. The number of anilines is 1. The van der Waals surface area contributed by atoms with E-state index in [0.29, 0.717) is 40.9 Å². The third kappa shape index (κ3) is 5.97. The van der Waals surface area contributed by atoms with Crippen LogP contribution in [0.2, 0.25) is 10.0 Å². The van der Waals surface area contributed by atoms with Crippen molar-refractivity contribution in [3.63, 3.8) is 0 Å². The van der Waals surface area contributed by atoms with Crippen molar-refractivity contribution in [3.05, 3.63) is 106 Å². The number of ether oxygens (including phenoxy) is 2. The normalized spacial score (nSPS) is 16.8. The first-order valence-electron chi connectivity index (χ1n) is 12.7. The predicted molar refractivity (Wildman–Crippen MR) is 155 cm³/mol. The Bertz CT molecular complexity index is 1500. The molecule has 1 aliphatic heterocycles. The maximum atomic E-state index is 13.6. The number of carbonyl (C=O) groups is 2. The summed E-state index contributed by atoms with van der Waals surface area (Å²) in [5.41, 5.74) is 3.06. The van der Waals surface area contributed by atoms with Gasteiger partial charge in [-0.05, 0) is 95.9 Å². The number of likely N-dealkylation sites (tertiary alicyclic amines) is 1. The van der Waals surface area contributed by atoms with Gasteiger partial charge in [0.15, 0.2) is 0 Å². The van der Waals surface area contributed by atoms with Crippen molar-refractivity contribution < 1.29 is 19.1 Å². The molecule has 2 amide bonds. The lowest BCUT2D eigenvalue weighted by Gasteiger charge is -2.25. The molecular weight excluding hydrogens is 535 g/mol. The van der Waals surface area contributed by atoms with Crippen LogP contribution < -0.4 is 10.1 Å². The zero-order valence-electron chi connectivity index (χ0n) is 21.6. The molecule has 4 aromatic carbocycles. The maximum Gasteiger partial charge on any atom is 0.338 e. The highest BCUT2D eigenvalue weighted by Gasteiger charge is 2.37.